The smallest absolute Gasteiger partial charge is 0.130 e. The first kappa shape index (κ1) is 11.3. The molecule has 1 aliphatic heterocycles. The van der Waals surface area contributed by atoms with Crippen molar-refractivity contribution in [3.05, 3.63) is 17.6 Å². The maximum atomic E-state index is 4.50. The minimum Gasteiger partial charge on any atom is -0.366 e. The van der Waals surface area contributed by atoms with E-state index in [0.717, 1.165) is 36.8 Å². The van der Waals surface area contributed by atoms with Crippen LogP contribution in [0.4, 0.5) is 5.82 Å². The van der Waals surface area contributed by atoms with Crippen molar-refractivity contribution >= 4 is 5.82 Å². The fraction of sp³-hybridized carbons (Fsp3) is 0.667. The van der Waals surface area contributed by atoms with Crippen LogP contribution in [0.1, 0.15) is 31.3 Å². The third-order valence-corrected chi connectivity index (χ3v) is 2.87. The average Bonchev–Trinajstić information content (AvgIpc) is 2.29. The van der Waals surface area contributed by atoms with Crippen LogP contribution in [0.5, 0.6) is 0 Å². The Morgan fingerprint density at radius 3 is 3.06 bits per heavy atom. The molecule has 0 saturated carbocycles. The molecule has 2 rings (SSSR count). The quantitative estimate of drug-likeness (QED) is 0.810. The summed E-state index contributed by atoms with van der Waals surface area (Å²) in [4.78, 5) is 8.87. The van der Waals surface area contributed by atoms with E-state index in [1.165, 1.54) is 12.8 Å². The molecule has 16 heavy (non-hydrogen) atoms. The molecule has 4 heteroatoms. The van der Waals surface area contributed by atoms with Gasteiger partial charge >= 0.3 is 0 Å². The minimum absolute atomic E-state index is 0.507. The summed E-state index contributed by atoms with van der Waals surface area (Å²) in [7, 11) is 0. The van der Waals surface area contributed by atoms with E-state index in [-0.39, 0.29) is 0 Å². The van der Waals surface area contributed by atoms with Gasteiger partial charge < -0.3 is 10.6 Å². The summed E-state index contributed by atoms with van der Waals surface area (Å²) >= 11 is 0. The summed E-state index contributed by atoms with van der Waals surface area (Å²) in [5.41, 5.74) is 1.04. The van der Waals surface area contributed by atoms with Crippen LogP contribution in [-0.2, 0) is 6.42 Å². The highest BCUT2D eigenvalue weighted by molar-refractivity contribution is 5.37. The molecule has 1 atom stereocenters. The van der Waals surface area contributed by atoms with Crippen LogP contribution in [0.3, 0.4) is 0 Å². The van der Waals surface area contributed by atoms with Gasteiger partial charge in [0, 0.05) is 30.8 Å². The van der Waals surface area contributed by atoms with Gasteiger partial charge in [0.1, 0.15) is 11.6 Å². The largest absolute Gasteiger partial charge is 0.366 e. The molecule has 1 aromatic heterocycles. The molecular formula is C12H20N4. The van der Waals surface area contributed by atoms with E-state index in [9.17, 15) is 0 Å². The topological polar surface area (TPSA) is 49.8 Å². The third-order valence-electron chi connectivity index (χ3n) is 2.87. The van der Waals surface area contributed by atoms with Crippen LogP contribution in [0.15, 0.2) is 6.07 Å². The third kappa shape index (κ3) is 2.92. The standard InChI is InChI=1S/C12H20N4/c1-3-11-14-9(2)7-12(16-11)15-10-5-4-6-13-8-10/h7,10,13H,3-6,8H2,1-2H3,(H,14,15,16). The van der Waals surface area contributed by atoms with E-state index < -0.39 is 0 Å². The second-order valence-electron chi connectivity index (χ2n) is 4.35. The minimum atomic E-state index is 0.507. The van der Waals surface area contributed by atoms with Crippen LogP contribution in [-0.4, -0.2) is 29.1 Å². The lowest BCUT2D eigenvalue weighted by Crippen LogP contribution is -2.38. The normalized spacial score (nSPS) is 20.8. The summed E-state index contributed by atoms with van der Waals surface area (Å²) in [5, 5.41) is 6.88. The van der Waals surface area contributed by atoms with Crippen molar-refractivity contribution in [1.29, 1.82) is 0 Å². The predicted molar refractivity (Wildman–Crippen MR) is 65.7 cm³/mol. The summed E-state index contributed by atoms with van der Waals surface area (Å²) in [5.74, 6) is 1.89. The summed E-state index contributed by atoms with van der Waals surface area (Å²) in [6, 6.07) is 2.53. The first-order chi connectivity index (χ1) is 7.78. The molecule has 0 aromatic carbocycles. The average molecular weight is 220 g/mol. The van der Waals surface area contributed by atoms with Crippen LogP contribution >= 0.6 is 0 Å². The van der Waals surface area contributed by atoms with Crippen LogP contribution in [0.2, 0.25) is 0 Å². The SMILES string of the molecule is CCc1nc(C)cc(NC2CCCNC2)n1. The van der Waals surface area contributed by atoms with Crippen LogP contribution < -0.4 is 10.6 Å². The molecule has 4 nitrogen and oxygen atoms in total. The zero-order valence-corrected chi connectivity index (χ0v) is 10.1. The summed E-state index contributed by atoms with van der Waals surface area (Å²) < 4.78 is 0. The number of aryl methyl sites for hydroxylation is 2. The van der Waals surface area contributed by atoms with Gasteiger partial charge in [0.15, 0.2) is 0 Å². The highest BCUT2D eigenvalue weighted by Gasteiger charge is 2.13. The number of anilines is 1. The van der Waals surface area contributed by atoms with Crippen molar-refractivity contribution in [2.24, 2.45) is 0 Å². The monoisotopic (exact) mass is 220 g/mol. The van der Waals surface area contributed by atoms with Crippen molar-refractivity contribution in [1.82, 2.24) is 15.3 Å². The van der Waals surface area contributed by atoms with Gasteiger partial charge in [-0.2, -0.15) is 0 Å². The first-order valence-corrected chi connectivity index (χ1v) is 6.09. The number of nitrogens with zero attached hydrogens (tertiary/aromatic N) is 2. The zero-order valence-electron chi connectivity index (χ0n) is 10.1. The van der Waals surface area contributed by atoms with Crippen LogP contribution in [0, 0.1) is 6.92 Å². The maximum Gasteiger partial charge on any atom is 0.130 e. The van der Waals surface area contributed by atoms with Gasteiger partial charge in [-0.1, -0.05) is 6.92 Å². The number of rotatable bonds is 3. The summed E-state index contributed by atoms with van der Waals surface area (Å²) in [6.07, 6.45) is 3.35. The highest BCUT2D eigenvalue weighted by atomic mass is 15.1. The fourth-order valence-electron chi connectivity index (χ4n) is 2.05. The lowest BCUT2D eigenvalue weighted by Gasteiger charge is -2.24. The number of hydrogen-bond acceptors (Lipinski definition) is 4. The van der Waals surface area contributed by atoms with E-state index in [1.54, 1.807) is 0 Å². The first-order valence-electron chi connectivity index (χ1n) is 6.09. The van der Waals surface area contributed by atoms with Gasteiger partial charge in [0.25, 0.3) is 0 Å². The number of aromatic nitrogens is 2. The Balaban J connectivity index is 2.04. The van der Waals surface area contributed by atoms with E-state index in [1.807, 2.05) is 13.0 Å². The Morgan fingerprint density at radius 2 is 2.38 bits per heavy atom. The van der Waals surface area contributed by atoms with Crippen LogP contribution in [0.25, 0.3) is 0 Å². The van der Waals surface area contributed by atoms with Gasteiger partial charge in [-0.3, -0.25) is 0 Å². The van der Waals surface area contributed by atoms with Gasteiger partial charge in [-0.05, 0) is 26.3 Å². The van der Waals surface area contributed by atoms with Gasteiger partial charge in [0.2, 0.25) is 0 Å². The lowest BCUT2D eigenvalue weighted by atomic mass is 10.1. The van der Waals surface area contributed by atoms with Gasteiger partial charge in [-0.25, -0.2) is 9.97 Å². The molecule has 0 bridgehead atoms. The molecule has 2 N–H and O–H groups in total. The van der Waals surface area contributed by atoms with Gasteiger partial charge in [-0.15, -0.1) is 0 Å². The second kappa shape index (κ2) is 5.25. The molecule has 1 aliphatic rings. The molecule has 0 amide bonds. The van der Waals surface area contributed by atoms with E-state index >= 15 is 0 Å². The second-order valence-corrected chi connectivity index (χ2v) is 4.35. The molecule has 0 radical (unpaired) electrons. The molecule has 1 fully saturated rings. The molecule has 1 aromatic rings. The summed E-state index contributed by atoms with van der Waals surface area (Å²) in [6.45, 7) is 6.28. The molecular weight excluding hydrogens is 200 g/mol. The molecule has 1 saturated heterocycles. The van der Waals surface area contributed by atoms with Crippen molar-refractivity contribution in [2.45, 2.75) is 39.2 Å². The molecule has 88 valence electrons. The van der Waals surface area contributed by atoms with E-state index in [4.69, 9.17) is 0 Å². The van der Waals surface area contributed by atoms with E-state index in [2.05, 4.69) is 27.5 Å². The van der Waals surface area contributed by atoms with Crippen molar-refractivity contribution in [2.75, 3.05) is 18.4 Å². The Hall–Kier alpha value is -1.16. The Morgan fingerprint density at radius 1 is 1.50 bits per heavy atom. The Kier molecular flexibility index (Phi) is 3.72. The number of nitrogens with one attached hydrogen (secondary N) is 2. The zero-order chi connectivity index (χ0) is 11.4. The lowest BCUT2D eigenvalue weighted by molar-refractivity contribution is 0.479. The Bertz CT molecular complexity index is 345. The molecule has 0 spiro atoms. The maximum absolute atomic E-state index is 4.50. The fourth-order valence-corrected chi connectivity index (χ4v) is 2.05. The van der Waals surface area contributed by atoms with E-state index in [0.29, 0.717) is 6.04 Å². The molecule has 0 aliphatic carbocycles. The Labute approximate surface area is 96.9 Å². The van der Waals surface area contributed by atoms with Crippen molar-refractivity contribution in [3.63, 3.8) is 0 Å². The predicted octanol–water partition coefficient (Wildman–Crippen LogP) is 1.51. The molecule has 2 heterocycles. The van der Waals surface area contributed by atoms with Crippen molar-refractivity contribution in [3.8, 4) is 0 Å². The van der Waals surface area contributed by atoms with Crippen molar-refractivity contribution < 1.29 is 0 Å². The number of hydrogen-bond donors (Lipinski definition) is 2. The highest BCUT2D eigenvalue weighted by Crippen LogP contribution is 2.11. The molecule has 1 unspecified atom stereocenters. The van der Waals surface area contributed by atoms with Gasteiger partial charge in [0.05, 0.1) is 0 Å². The number of piperidine rings is 1.